The van der Waals surface area contributed by atoms with E-state index in [9.17, 15) is 28.8 Å². The number of hydrogen-bond acceptors (Lipinski definition) is 8. The molecule has 10 nitrogen and oxygen atoms in total. The van der Waals surface area contributed by atoms with Crippen molar-refractivity contribution in [2.75, 3.05) is 0 Å². The molecule has 130 valence electrons. The van der Waals surface area contributed by atoms with Gasteiger partial charge in [0.05, 0.1) is 0 Å². The molecule has 0 aromatic carbocycles. The first-order chi connectivity index (χ1) is 11.2. The maximum absolute atomic E-state index is 11.2. The van der Waals surface area contributed by atoms with Crippen LogP contribution in [0.1, 0.15) is 25.7 Å². The highest BCUT2D eigenvalue weighted by atomic mass is 16.6. The van der Waals surface area contributed by atoms with E-state index in [2.05, 4.69) is 9.47 Å². The summed E-state index contributed by atoms with van der Waals surface area (Å²) < 4.78 is 8.53. The molecule has 0 aliphatic carbocycles. The molecule has 0 spiro atoms. The molecular formula is C14H14O10. The van der Waals surface area contributed by atoms with E-state index in [0.29, 0.717) is 24.3 Å². The molecule has 0 fully saturated rings. The predicted molar refractivity (Wildman–Crippen MR) is 74.2 cm³/mol. The maximum atomic E-state index is 11.2. The molecule has 0 aliphatic heterocycles. The lowest BCUT2D eigenvalue weighted by molar-refractivity contribution is -0.158. The summed E-state index contributed by atoms with van der Waals surface area (Å²) in [6.07, 6.45) is 2.09. The van der Waals surface area contributed by atoms with Crippen LogP contribution in [-0.2, 0) is 38.2 Å². The Hall–Kier alpha value is -3.30. The van der Waals surface area contributed by atoms with E-state index in [0.717, 1.165) is 0 Å². The molecule has 0 heterocycles. The zero-order chi connectivity index (χ0) is 18.5. The molecule has 0 saturated heterocycles. The van der Waals surface area contributed by atoms with E-state index in [1.54, 1.807) is 0 Å². The standard InChI is InChI=1S/C14H14O10/c15-9(16)5-7-13(21)23-11(19)3-1-2-4-12(20)24-14(22)8-6-10(17)18/h5-8H,1-4H2,(H,15,16)(H,17,18)/b7-5-,8-6-. The summed E-state index contributed by atoms with van der Waals surface area (Å²) in [6.45, 7) is 0. The van der Waals surface area contributed by atoms with Gasteiger partial charge in [-0.2, -0.15) is 0 Å². The van der Waals surface area contributed by atoms with Gasteiger partial charge in [-0.3, -0.25) is 9.59 Å². The quantitative estimate of drug-likeness (QED) is 0.252. The maximum Gasteiger partial charge on any atom is 0.338 e. The summed E-state index contributed by atoms with van der Waals surface area (Å²) in [5.41, 5.74) is 0. The zero-order valence-electron chi connectivity index (χ0n) is 12.3. The van der Waals surface area contributed by atoms with Crippen molar-refractivity contribution in [1.29, 1.82) is 0 Å². The largest absolute Gasteiger partial charge is 0.478 e. The van der Waals surface area contributed by atoms with Crippen LogP contribution >= 0.6 is 0 Å². The molecule has 0 atom stereocenters. The zero-order valence-corrected chi connectivity index (χ0v) is 12.3. The Morgan fingerprint density at radius 2 is 0.958 bits per heavy atom. The second kappa shape index (κ2) is 11.3. The van der Waals surface area contributed by atoms with Crippen LogP contribution < -0.4 is 0 Å². The lowest BCUT2D eigenvalue weighted by Crippen LogP contribution is -2.12. The minimum Gasteiger partial charge on any atom is -0.478 e. The van der Waals surface area contributed by atoms with E-state index in [4.69, 9.17) is 10.2 Å². The van der Waals surface area contributed by atoms with Crippen LogP contribution in [0, 0.1) is 0 Å². The number of carboxylic acids is 2. The molecular weight excluding hydrogens is 328 g/mol. The van der Waals surface area contributed by atoms with Gasteiger partial charge >= 0.3 is 35.8 Å². The smallest absolute Gasteiger partial charge is 0.338 e. The molecule has 0 aromatic rings. The summed E-state index contributed by atoms with van der Waals surface area (Å²) in [4.78, 5) is 64.6. The number of esters is 4. The van der Waals surface area contributed by atoms with E-state index < -0.39 is 35.8 Å². The average molecular weight is 342 g/mol. The number of ether oxygens (including phenoxy) is 2. The summed E-state index contributed by atoms with van der Waals surface area (Å²) in [5, 5.41) is 16.5. The Labute approximate surface area is 135 Å². The number of hydrogen-bond donors (Lipinski definition) is 2. The fraction of sp³-hybridized carbons (Fsp3) is 0.286. The first-order valence-corrected chi connectivity index (χ1v) is 6.52. The van der Waals surface area contributed by atoms with Gasteiger partial charge in [0.1, 0.15) is 0 Å². The third kappa shape index (κ3) is 12.4. The summed E-state index contributed by atoms with van der Waals surface area (Å²) in [6, 6.07) is 0. The van der Waals surface area contributed by atoms with Crippen LogP contribution in [-0.4, -0.2) is 46.0 Å². The average Bonchev–Trinajstić information content (AvgIpc) is 2.47. The van der Waals surface area contributed by atoms with Crippen molar-refractivity contribution in [2.24, 2.45) is 0 Å². The van der Waals surface area contributed by atoms with Crippen molar-refractivity contribution >= 4 is 35.8 Å². The molecule has 0 amide bonds. The molecule has 24 heavy (non-hydrogen) atoms. The lowest BCUT2D eigenvalue weighted by Gasteiger charge is -2.01. The Balaban J connectivity index is 3.92. The van der Waals surface area contributed by atoms with Crippen molar-refractivity contribution in [3.63, 3.8) is 0 Å². The summed E-state index contributed by atoms with van der Waals surface area (Å²) >= 11 is 0. The van der Waals surface area contributed by atoms with Gasteiger partial charge in [0.2, 0.25) is 0 Å². The summed E-state index contributed by atoms with van der Waals surface area (Å²) in [5.74, 6) is -6.79. The van der Waals surface area contributed by atoms with Crippen LogP contribution in [0.4, 0.5) is 0 Å². The molecule has 0 radical (unpaired) electrons. The number of carbonyl (C=O) groups is 6. The van der Waals surface area contributed by atoms with Crippen LogP contribution in [0.5, 0.6) is 0 Å². The van der Waals surface area contributed by atoms with Crippen molar-refractivity contribution in [2.45, 2.75) is 25.7 Å². The molecule has 0 unspecified atom stereocenters. The predicted octanol–water partition coefficient (Wildman–Crippen LogP) is -0.0320. The Morgan fingerprint density at radius 1 is 0.625 bits per heavy atom. The molecule has 10 heteroatoms. The third-order valence-corrected chi connectivity index (χ3v) is 2.16. The fourth-order valence-electron chi connectivity index (χ4n) is 1.21. The van der Waals surface area contributed by atoms with Gasteiger partial charge < -0.3 is 19.7 Å². The number of carbonyl (C=O) groups excluding carboxylic acids is 4. The Bertz CT molecular complexity index is 532. The molecule has 0 saturated carbocycles. The Kier molecular flexibility index (Phi) is 9.74. The van der Waals surface area contributed by atoms with Crippen molar-refractivity contribution in [1.82, 2.24) is 0 Å². The van der Waals surface area contributed by atoms with Gasteiger partial charge in [0.15, 0.2) is 0 Å². The molecule has 0 aromatic heterocycles. The highest BCUT2D eigenvalue weighted by Gasteiger charge is 2.11. The summed E-state index contributed by atoms with van der Waals surface area (Å²) in [7, 11) is 0. The SMILES string of the molecule is O=C(O)/C=C\C(=O)OC(=O)CCCCC(=O)OC(=O)/C=C\C(=O)O. The van der Waals surface area contributed by atoms with Gasteiger partial charge in [-0.05, 0) is 12.8 Å². The molecule has 0 bridgehead atoms. The first-order valence-electron chi connectivity index (χ1n) is 6.52. The van der Waals surface area contributed by atoms with Gasteiger partial charge in [-0.1, -0.05) is 0 Å². The van der Waals surface area contributed by atoms with Gasteiger partial charge in [-0.25, -0.2) is 19.2 Å². The van der Waals surface area contributed by atoms with E-state index in [1.807, 2.05) is 0 Å². The van der Waals surface area contributed by atoms with Gasteiger partial charge in [0.25, 0.3) is 0 Å². The molecule has 0 aliphatic rings. The number of aliphatic carboxylic acids is 2. The number of unbranched alkanes of at least 4 members (excludes halogenated alkanes) is 1. The van der Waals surface area contributed by atoms with E-state index in [1.165, 1.54) is 0 Å². The van der Waals surface area contributed by atoms with Crippen LogP contribution in [0.3, 0.4) is 0 Å². The third-order valence-electron chi connectivity index (χ3n) is 2.16. The topological polar surface area (TPSA) is 161 Å². The van der Waals surface area contributed by atoms with Crippen LogP contribution in [0.25, 0.3) is 0 Å². The first kappa shape index (κ1) is 20.7. The van der Waals surface area contributed by atoms with Crippen LogP contribution in [0.2, 0.25) is 0 Å². The minimum atomic E-state index is -1.37. The lowest BCUT2D eigenvalue weighted by atomic mass is 10.2. The second-order valence-corrected chi connectivity index (χ2v) is 4.14. The molecule has 0 rings (SSSR count). The van der Waals surface area contributed by atoms with Crippen LogP contribution in [0.15, 0.2) is 24.3 Å². The van der Waals surface area contributed by atoms with Crippen molar-refractivity contribution in [3.8, 4) is 0 Å². The van der Waals surface area contributed by atoms with Crippen molar-refractivity contribution < 1.29 is 48.5 Å². The highest BCUT2D eigenvalue weighted by Crippen LogP contribution is 2.03. The van der Waals surface area contributed by atoms with Crippen molar-refractivity contribution in [3.05, 3.63) is 24.3 Å². The monoisotopic (exact) mass is 342 g/mol. The van der Waals surface area contributed by atoms with Gasteiger partial charge in [-0.15, -0.1) is 0 Å². The number of carboxylic acid groups (broad SMARTS) is 2. The highest BCUT2D eigenvalue weighted by molar-refractivity contribution is 5.96. The normalized spacial score (nSPS) is 10.5. The number of rotatable bonds is 9. The fourth-order valence-corrected chi connectivity index (χ4v) is 1.21. The Morgan fingerprint density at radius 3 is 1.25 bits per heavy atom. The second-order valence-electron chi connectivity index (χ2n) is 4.14. The minimum absolute atomic E-state index is 0.156. The van der Waals surface area contributed by atoms with E-state index >= 15 is 0 Å². The van der Waals surface area contributed by atoms with Gasteiger partial charge in [0, 0.05) is 37.1 Å². The van der Waals surface area contributed by atoms with E-state index in [-0.39, 0.29) is 25.7 Å². The molecule has 2 N–H and O–H groups in total.